The highest BCUT2D eigenvalue weighted by Crippen LogP contribution is 2.21. The summed E-state index contributed by atoms with van der Waals surface area (Å²) in [5, 5.41) is 7.70. The molecule has 1 aromatic heterocycles. The highest BCUT2D eigenvalue weighted by Gasteiger charge is 2.17. The van der Waals surface area contributed by atoms with E-state index in [1.54, 1.807) is 0 Å². The average Bonchev–Trinajstić information content (AvgIpc) is 2.62. The van der Waals surface area contributed by atoms with Gasteiger partial charge in [0.05, 0.1) is 6.20 Å². The molecule has 0 bridgehead atoms. The molecule has 0 amide bonds. The molecule has 1 aromatic rings. The summed E-state index contributed by atoms with van der Waals surface area (Å²) in [6, 6.07) is 0.706. The summed E-state index contributed by atoms with van der Waals surface area (Å²) in [5.74, 6) is 0.904. The van der Waals surface area contributed by atoms with Crippen LogP contribution in [0.25, 0.3) is 0 Å². The highest BCUT2D eigenvalue weighted by molar-refractivity contribution is 5.03. The molecular weight excluding hydrogens is 186 g/mol. The number of hydrogen-bond donors (Lipinski definition) is 1. The van der Waals surface area contributed by atoms with Crippen molar-refractivity contribution in [3.63, 3.8) is 0 Å². The maximum atomic E-state index is 4.20. The van der Waals surface area contributed by atoms with Crippen molar-refractivity contribution in [2.24, 2.45) is 13.0 Å². The van der Waals surface area contributed by atoms with Crippen LogP contribution in [0.3, 0.4) is 0 Å². The fourth-order valence-corrected chi connectivity index (χ4v) is 2.47. The van der Waals surface area contributed by atoms with Crippen LogP contribution < -0.4 is 5.32 Å². The number of nitrogens with zero attached hydrogens (tertiary/aromatic N) is 2. The van der Waals surface area contributed by atoms with Crippen LogP contribution in [0, 0.1) is 5.92 Å². The molecule has 2 atom stereocenters. The second kappa shape index (κ2) is 4.79. The van der Waals surface area contributed by atoms with E-state index in [0.717, 1.165) is 5.92 Å². The molecule has 2 rings (SSSR count). The fraction of sp³-hybridized carbons (Fsp3) is 0.750. The van der Waals surface area contributed by atoms with Crippen molar-refractivity contribution in [2.75, 3.05) is 6.54 Å². The van der Waals surface area contributed by atoms with Crippen LogP contribution in [-0.4, -0.2) is 22.4 Å². The van der Waals surface area contributed by atoms with Gasteiger partial charge in [-0.05, 0) is 50.6 Å². The van der Waals surface area contributed by atoms with Crippen LogP contribution in [0.5, 0.6) is 0 Å². The molecule has 15 heavy (non-hydrogen) atoms. The Morgan fingerprint density at radius 3 is 3.13 bits per heavy atom. The predicted molar refractivity (Wildman–Crippen MR) is 61.7 cm³/mol. The minimum absolute atomic E-state index is 0.706. The van der Waals surface area contributed by atoms with Crippen LogP contribution in [-0.2, 0) is 13.5 Å². The Kier molecular flexibility index (Phi) is 3.41. The zero-order chi connectivity index (χ0) is 10.7. The summed E-state index contributed by atoms with van der Waals surface area (Å²) < 4.78 is 1.89. The van der Waals surface area contributed by atoms with Gasteiger partial charge in [0.2, 0.25) is 0 Å². The van der Waals surface area contributed by atoms with Crippen molar-refractivity contribution >= 4 is 0 Å². The molecule has 84 valence electrons. The van der Waals surface area contributed by atoms with Gasteiger partial charge >= 0.3 is 0 Å². The van der Waals surface area contributed by atoms with Crippen LogP contribution >= 0.6 is 0 Å². The van der Waals surface area contributed by atoms with Crippen molar-refractivity contribution in [2.45, 2.75) is 38.6 Å². The first kappa shape index (κ1) is 10.7. The lowest BCUT2D eigenvalue weighted by Crippen LogP contribution is -2.35. The zero-order valence-electron chi connectivity index (χ0n) is 9.74. The summed E-state index contributed by atoms with van der Waals surface area (Å²) in [4.78, 5) is 0. The van der Waals surface area contributed by atoms with E-state index >= 15 is 0 Å². The van der Waals surface area contributed by atoms with Crippen LogP contribution in [0.4, 0.5) is 0 Å². The van der Waals surface area contributed by atoms with Gasteiger partial charge in [-0.1, -0.05) is 0 Å². The SMILES string of the molecule is CC1CC(CCc2cnn(C)c2)CCN1. The standard InChI is InChI=1S/C12H21N3/c1-10-7-11(5-6-13-10)3-4-12-8-14-15(2)9-12/h8-11,13H,3-7H2,1-2H3. The van der Waals surface area contributed by atoms with Crippen molar-refractivity contribution < 1.29 is 0 Å². The van der Waals surface area contributed by atoms with E-state index in [4.69, 9.17) is 0 Å². The molecular formula is C12H21N3. The van der Waals surface area contributed by atoms with Crippen molar-refractivity contribution in [3.05, 3.63) is 18.0 Å². The molecule has 1 aliphatic heterocycles. The Morgan fingerprint density at radius 2 is 2.47 bits per heavy atom. The third kappa shape index (κ3) is 3.06. The third-order valence-corrected chi connectivity index (χ3v) is 3.33. The quantitative estimate of drug-likeness (QED) is 0.818. The van der Waals surface area contributed by atoms with Gasteiger partial charge in [0.15, 0.2) is 0 Å². The number of aromatic nitrogens is 2. The van der Waals surface area contributed by atoms with E-state index in [1.807, 2.05) is 17.9 Å². The first-order valence-electron chi connectivity index (χ1n) is 5.95. The van der Waals surface area contributed by atoms with Gasteiger partial charge in [0, 0.05) is 19.3 Å². The topological polar surface area (TPSA) is 29.9 Å². The van der Waals surface area contributed by atoms with E-state index in [9.17, 15) is 0 Å². The lowest BCUT2D eigenvalue weighted by Gasteiger charge is -2.27. The molecule has 0 aliphatic carbocycles. The molecule has 0 aromatic carbocycles. The molecule has 0 saturated carbocycles. The number of piperidine rings is 1. The highest BCUT2D eigenvalue weighted by atomic mass is 15.2. The Labute approximate surface area is 91.9 Å². The summed E-state index contributed by atoms with van der Waals surface area (Å²) in [6.45, 7) is 3.48. The van der Waals surface area contributed by atoms with Gasteiger partial charge in [-0.25, -0.2) is 0 Å². The van der Waals surface area contributed by atoms with Crippen molar-refractivity contribution in [3.8, 4) is 0 Å². The third-order valence-electron chi connectivity index (χ3n) is 3.33. The second-order valence-electron chi connectivity index (χ2n) is 4.81. The monoisotopic (exact) mass is 207 g/mol. The molecule has 2 unspecified atom stereocenters. The Balaban J connectivity index is 1.77. The zero-order valence-corrected chi connectivity index (χ0v) is 9.74. The largest absolute Gasteiger partial charge is 0.314 e. The van der Waals surface area contributed by atoms with Gasteiger partial charge in [0.25, 0.3) is 0 Å². The maximum Gasteiger partial charge on any atom is 0.0521 e. The normalized spacial score (nSPS) is 26.8. The summed E-state index contributed by atoms with van der Waals surface area (Å²) in [7, 11) is 1.98. The Bertz CT molecular complexity index is 306. The fourth-order valence-electron chi connectivity index (χ4n) is 2.47. The molecule has 0 spiro atoms. The number of rotatable bonds is 3. The Hall–Kier alpha value is -0.830. The molecule has 2 heterocycles. The van der Waals surface area contributed by atoms with E-state index in [0.29, 0.717) is 6.04 Å². The minimum Gasteiger partial charge on any atom is -0.314 e. The average molecular weight is 207 g/mol. The van der Waals surface area contributed by atoms with Gasteiger partial charge in [-0.15, -0.1) is 0 Å². The van der Waals surface area contributed by atoms with Crippen LogP contribution in [0.15, 0.2) is 12.4 Å². The molecule has 1 fully saturated rings. The van der Waals surface area contributed by atoms with E-state index in [1.165, 1.54) is 37.8 Å². The smallest absolute Gasteiger partial charge is 0.0521 e. The minimum atomic E-state index is 0.706. The first-order valence-corrected chi connectivity index (χ1v) is 5.95. The number of hydrogen-bond acceptors (Lipinski definition) is 2. The van der Waals surface area contributed by atoms with E-state index in [-0.39, 0.29) is 0 Å². The molecule has 1 saturated heterocycles. The van der Waals surface area contributed by atoms with Gasteiger partial charge in [-0.2, -0.15) is 5.10 Å². The van der Waals surface area contributed by atoms with E-state index < -0.39 is 0 Å². The van der Waals surface area contributed by atoms with Crippen LogP contribution in [0.1, 0.15) is 31.7 Å². The van der Waals surface area contributed by atoms with Crippen molar-refractivity contribution in [1.29, 1.82) is 0 Å². The first-order chi connectivity index (χ1) is 7.24. The van der Waals surface area contributed by atoms with Gasteiger partial charge in [-0.3, -0.25) is 4.68 Å². The predicted octanol–water partition coefficient (Wildman–Crippen LogP) is 1.74. The van der Waals surface area contributed by atoms with Gasteiger partial charge in [0.1, 0.15) is 0 Å². The molecule has 1 aliphatic rings. The maximum absolute atomic E-state index is 4.20. The van der Waals surface area contributed by atoms with E-state index in [2.05, 4.69) is 23.5 Å². The van der Waals surface area contributed by atoms with Crippen molar-refractivity contribution in [1.82, 2.24) is 15.1 Å². The molecule has 3 heteroatoms. The number of aryl methyl sites for hydroxylation is 2. The summed E-state index contributed by atoms with van der Waals surface area (Å²) in [5.41, 5.74) is 1.38. The molecule has 3 nitrogen and oxygen atoms in total. The Morgan fingerprint density at radius 1 is 1.60 bits per heavy atom. The van der Waals surface area contributed by atoms with Crippen LogP contribution in [0.2, 0.25) is 0 Å². The molecule has 0 radical (unpaired) electrons. The lowest BCUT2D eigenvalue weighted by molar-refractivity contribution is 0.301. The summed E-state index contributed by atoms with van der Waals surface area (Å²) in [6.07, 6.45) is 9.29. The summed E-state index contributed by atoms with van der Waals surface area (Å²) >= 11 is 0. The van der Waals surface area contributed by atoms with Gasteiger partial charge < -0.3 is 5.32 Å². The second-order valence-corrected chi connectivity index (χ2v) is 4.81. The number of nitrogens with one attached hydrogen (secondary N) is 1. The lowest BCUT2D eigenvalue weighted by atomic mass is 9.88. The molecule has 1 N–H and O–H groups in total.